The van der Waals surface area contributed by atoms with Gasteiger partial charge in [-0.1, -0.05) is 6.92 Å². The Labute approximate surface area is 137 Å². The molecular weight excluding hydrogens is 298 g/mol. The lowest BCUT2D eigenvalue weighted by atomic mass is 10.1. The van der Waals surface area contributed by atoms with E-state index in [1.807, 2.05) is 26.0 Å². The first-order valence-corrected chi connectivity index (χ1v) is 7.86. The maximum atomic E-state index is 12.6. The molecular formula is C17H25NO5. The molecule has 0 aliphatic carbocycles. The molecule has 0 radical (unpaired) electrons. The van der Waals surface area contributed by atoms with Gasteiger partial charge in [0.1, 0.15) is 6.04 Å². The zero-order chi connectivity index (χ0) is 16.8. The summed E-state index contributed by atoms with van der Waals surface area (Å²) in [4.78, 5) is 14.7. The fourth-order valence-corrected chi connectivity index (χ4v) is 2.74. The second-order valence-electron chi connectivity index (χ2n) is 5.49. The number of hydrogen-bond donors (Lipinski definition) is 0. The molecule has 1 heterocycles. The van der Waals surface area contributed by atoms with E-state index in [1.165, 1.54) is 0 Å². The van der Waals surface area contributed by atoms with Gasteiger partial charge in [-0.3, -0.25) is 4.90 Å². The molecule has 6 nitrogen and oxygen atoms in total. The third-order valence-electron chi connectivity index (χ3n) is 3.95. The summed E-state index contributed by atoms with van der Waals surface area (Å²) in [5.41, 5.74) is 0.971. The summed E-state index contributed by atoms with van der Waals surface area (Å²) >= 11 is 0. The Morgan fingerprint density at radius 2 is 1.78 bits per heavy atom. The van der Waals surface area contributed by atoms with Crippen LogP contribution in [0.1, 0.15) is 18.9 Å². The van der Waals surface area contributed by atoms with Crippen molar-refractivity contribution in [3.63, 3.8) is 0 Å². The smallest absolute Gasteiger partial charge is 0.329 e. The quantitative estimate of drug-likeness (QED) is 0.590. The van der Waals surface area contributed by atoms with Crippen LogP contribution in [0.5, 0.6) is 17.2 Å². The van der Waals surface area contributed by atoms with Crippen LogP contribution in [0.15, 0.2) is 12.1 Å². The summed E-state index contributed by atoms with van der Waals surface area (Å²) in [7, 11) is 3.09. The first-order valence-electron chi connectivity index (χ1n) is 7.86. The normalized spacial score (nSPS) is 16.7. The lowest BCUT2D eigenvalue weighted by Gasteiger charge is -2.32. The number of carbonyl (C=O) groups excluding carboxylic acids is 1. The van der Waals surface area contributed by atoms with Crippen LogP contribution in [-0.2, 0) is 9.53 Å². The van der Waals surface area contributed by atoms with Crippen LogP contribution in [0.3, 0.4) is 0 Å². The first kappa shape index (κ1) is 17.6. The minimum atomic E-state index is -0.297. The summed E-state index contributed by atoms with van der Waals surface area (Å²) < 4.78 is 21.7. The number of benzene rings is 1. The fourth-order valence-electron chi connectivity index (χ4n) is 2.74. The molecule has 1 atom stereocenters. The molecule has 0 spiro atoms. The predicted octanol–water partition coefficient (Wildman–Crippen LogP) is 2.03. The highest BCUT2D eigenvalue weighted by atomic mass is 16.6. The lowest BCUT2D eigenvalue weighted by molar-refractivity contribution is -0.142. The molecule has 6 heteroatoms. The van der Waals surface area contributed by atoms with E-state index in [9.17, 15) is 4.79 Å². The Morgan fingerprint density at radius 3 is 2.26 bits per heavy atom. The van der Waals surface area contributed by atoms with Gasteiger partial charge in [-0.2, -0.15) is 0 Å². The van der Waals surface area contributed by atoms with Crippen molar-refractivity contribution in [1.29, 1.82) is 0 Å². The van der Waals surface area contributed by atoms with Crippen molar-refractivity contribution >= 4 is 5.97 Å². The Balaban J connectivity index is 2.21. The maximum Gasteiger partial charge on any atom is 0.329 e. The topological polar surface area (TPSA) is 57.2 Å². The summed E-state index contributed by atoms with van der Waals surface area (Å²) in [6, 6.07) is 3.34. The van der Waals surface area contributed by atoms with Crippen LogP contribution in [0.25, 0.3) is 0 Å². The van der Waals surface area contributed by atoms with Crippen LogP contribution < -0.4 is 14.2 Å². The van der Waals surface area contributed by atoms with Crippen LogP contribution in [0.2, 0.25) is 0 Å². The summed E-state index contributed by atoms with van der Waals surface area (Å²) in [6.07, 6.45) is 0.676. The summed E-state index contributed by atoms with van der Waals surface area (Å²) in [5.74, 6) is 1.02. The molecule has 0 N–H and O–H groups in total. The van der Waals surface area contributed by atoms with E-state index >= 15 is 0 Å². The van der Waals surface area contributed by atoms with E-state index in [1.54, 1.807) is 14.2 Å². The zero-order valence-corrected chi connectivity index (χ0v) is 14.3. The van der Waals surface area contributed by atoms with Gasteiger partial charge in [0.15, 0.2) is 11.5 Å². The van der Waals surface area contributed by atoms with Gasteiger partial charge in [0, 0.05) is 13.1 Å². The van der Waals surface area contributed by atoms with Gasteiger partial charge >= 0.3 is 5.97 Å². The van der Waals surface area contributed by atoms with Crippen molar-refractivity contribution < 1.29 is 23.7 Å². The molecule has 0 aromatic heterocycles. The van der Waals surface area contributed by atoms with Gasteiger partial charge in [-0.05, 0) is 31.0 Å². The monoisotopic (exact) mass is 323 g/mol. The molecule has 23 heavy (non-hydrogen) atoms. The van der Waals surface area contributed by atoms with Gasteiger partial charge in [0.05, 0.1) is 27.4 Å². The molecule has 1 aromatic carbocycles. The summed E-state index contributed by atoms with van der Waals surface area (Å²) in [5, 5.41) is 0. The average molecular weight is 323 g/mol. The van der Waals surface area contributed by atoms with Crippen molar-refractivity contribution in [3.05, 3.63) is 17.7 Å². The number of esters is 1. The van der Waals surface area contributed by atoms with Crippen LogP contribution in [-0.4, -0.2) is 57.4 Å². The molecule has 0 bridgehead atoms. The van der Waals surface area contributed by atoms with Crippen LogP contribution in [0, 0.1) is 6.92 Å². The van der Waals surface area contributed by atoms with E-state index in [0.29, 0.717) is 36.9 Å². The van der Waals surface area contributed by atoms with Gasteiger partial charge in [-0.25, -0.2) is 4.79 Å². The fraction of sp³-hybridized carbons (Fsp3) is 0.588. The molecule has 0 amide bonds. The van der Waals surface area contributed by atoms with Crippen molar-refractivity contribution in [2.75, 3.05) is 40.5 Å². The lowest BCUT2D eigenvalue weighted by Crippen LogP contribution is -2.48. The second-order valence-corrected chi connectivity index (χ2v) is 5.49. The van der Waals surface area contributed by atoms with Crippen molar-refractivity contribution in [1.82, 2.24) is 4.90 Å². The molecule has 128 valence electrons. The minimum absolute atomic E-state index is 0.296. The number of nitrogens with zero attached hydrogens (tertiary/aromatic N) is 1. The van der Waals surface area contributed by atoms with Gasteiger partial charge < -0.3 is 18.9 Å². The van der Waals surface area contributed by atoms with Gasteiger partial charge in [0.2, 0.25) is 5.75 Å². The number of carbonyl (C=O) groups is 1. The van der Waals surface area contributed by atoms with E-state index in [4.69, 9.17) is 18.9 Å². The van der Waals surface area contributed by atoms with Gasteiger partial charge in [0.25, 0.3) is 0 Å². The largest absolute Gasteiger partial charge is 0.493 e. The maximum absolute atomic E-state index is 12.6. The van der Waals surface area contributed by atoms with E-state index in [2.05, 4.69) is 4.90 Å². The molecule has 0 saturated carbocycles. The molecule has 1 aliphatic heterocycles. The number of ether oxygens (including phenoxy) is 4. The Morgan fingerprint density at radius 1 is 1.22 bits per heavy atom. The van der Waals surface area contributed by atoms with Crippen molar-refractivity contribution in [3.8, 4) is 17.2 Å². The number of methoxy groups -OCH3 is 2. The molecule has 1 unspecified atom stereocenters. The Bertz CT molecular complexity index is 515. The van der Waals surface area contributed by atoms with Crippen LogP contribution >= 0.6 is 0 Å². The zero-order valence-electron chi connectivity index (χ0n) is 14.3. The Kier molecular flexibility index (Phi) is 6.24. The van der Waals surface area contributed by atoms with E-state index < -0.39 is 0 Å². The number of morpholine rings is 1. The predicted molar refractivity (Wildman–Crippen MR) is 86.4 cm³/mol. The highest BCUT2D eigenvalue weighted by Crippen LogP contribution is 2.38. The minimum Gasteiger partial charge on any atom is -0.493 e. The second kappa shape index (κ2) is 8.17. The number of aryl methyl sites for hydroxylation is 1. The standard InChI is InChI=1S/C17H25NO5/c1-5-13(18-6-8-22-9-7-18)17(19)23-16-14(20-3)10-12(2)11-15(16)21-4/h10-11,13H,5-9H2,1-4H3. The van der Waals surface area contributed by atoms with Gasteiger partial charge in [-0.15, -0.1) is 0 Å². The molecule has 1 aromatic rings. The summed E-state index contributed by atoms with van der Waals surface area (Å²) in [6.45, 7) is 6.65. The van der Waals surface area contributed by atoms with E-state index in [0.717, 1.165) is 18.7 Å². The molecule has 1 fully saturated rings. The SMILES string of the molecule is CCC(C(=O)Oc1c(OC)cc(C)cc1OC)N1CCOCC1. The molecule has 1 aliphatic rings. The third-order valence-corrected chi connectivity index (χ3v) is 3.95. The number of hydrogen-bond acceptors (Lipinski definition) is 6. The first-order chi connectivity index (χ1) is 11.1. The molecule has 1 saturated heterocycles. The highest BCUT2D eigenvalue weighted by Gasteiger charge is 2.29. The highest BCUT2D eigenvalue weighted by molar-refractivity contribution is 5.80. The Hall–Kier alpha value is -1.79. The molecule has 2 rings (SSSR count). The number of rotatable bonds is 6. The van der Waals surface area contributed by atoms with E-state index in [-0.39, 0.29) is 12.0 Å². The third kappa shape index (κ3) is 4.14. The van der Waals surface area contributed by atoms with Crippen molar-refractivity contribution in [2.24, 2.45) is 0 Å². The van der Waals surface area contributed by atoms with Crippen molar-refractivity contribution in [2.45, 2.75) is 26.3 Å². The van der Waals surface area contributed by atoms with Crippen LogP contribution in [0.4, 0.5) is 0 Å². The average Bonchev–Trinajstić information content (AvgIpc) is 2.57.